The zero-order valence-corrected chi connectivity index (χ0v) is 22.9. The maximum Gasteiger partial charge on any atom is 0.332 e. The van der Waals surface area contributed by atoms with E-state index in [1.807, 2.05) is 45.9 Å². The highest BCUT2D eigenvalue weighted by molar-refractivity contribution is 9.10. The molecule has 0 saturated carbocycles. The molecule has 0 atom stereocenters. The molecule has 0 spiro atoms. The van der Waals surface area contributed by atoms with Crippen LogP contribution in [0.4, 0.5) is 5.95 Å². The fourth-order valence-electron chi connectivity index (χ4n) is 4.64. The number of aryl methyl sites for hydroxylation is 1. The number of rotatable bonds is 5. The minimum atomic E-state index is -0.421. The Labute approximate surface area is 226 Å². The fourth-order valence-corrected chi connectivity index (χ4v) is 5.03. The van der Waals surface area contributed by atoms with Gasteiger partial charge in [0.15, 0.2) is 11.2 Å². The van der Waals surface area contributed by atoms with E-state index >= 15 is 0 Å². The Bertz CT molecular complexity index is 1580. The number of amides is 1. The summed E-state index contributed by atoms with van der Waals surface area (Å²) in [5.41, 5.74) is 1.84. The lowest BCUT2D eigenvalue weighted by Gasteiger charge is -2.35. The molecule has 4 aromatic rings. The molecule has 3 heterocycles. The predicted molar refractivity (Wildman–Crippen MR) is 147 cm³/mol. The van der Waals surface area contributed by atoms with Gasteiger partial charge in [-0.2, -0.15) is 4.98 Å². The van der Waals surface area contributed by atoms with Crippen molar-refractivity contribution in [1.29, 1.82) is 0 Å². The molecule has 1 amide bonds. The van der Waals surface area contributed by atoms with Gasteiger partial charge < -0.3 is 9.80 Å². The van der Waals surface area contributed by atoms with Gasteiger partial charge in [0.1, 0.15) is 0 Å². The number of nitrogens with zero attached hydrogens (tertiary/aromatic N) is 6. The number of anilines is 1. The summed E-state index contributed by atoms with van der Waals surface area (Å²) < 4.78 is 5.36. The number of aromatic nitrogens is 4. The van der Waals surface area contributed by atoms with Crippen molar-refractivity contribution in [3.05, 3.63) is 90.0 Å². The molecule has 1 fully saturated rings. The van der Waals surface area contributed by atoms with Crippen molar-refractivity contribution < 1.29 is 4.79 Å². The summed E-state index contributed by atoms with van der Waals surface area (Å²) in [5.74, 6) is 0.669. The Morgan fingerprint density at radius 2 is 1.54 bits per heavy atom. The van der Waals surface area contributed by atoms with Gasteiger partial charge in [-0.3, -0.25) is 23.3 Å². The standard InChI is InChI=1S/C26H26BrClN6O3/c1-30-23-22(24(36)31(2)26(30)37)34(16-18-3-7-19(27)8-4-18)25(29-23)33-13-11-32(12-14-33)21(35)15-17-5-9-20(28)10-6-17/h3-10H,11-16H2,1-2H3. The topological polar surface area (TPSA) is 85.4 Å². The van der Waals surface area contributed by atoms with E-state index in [4.69, 9.17) is 16.6 Å². The van der Waals surface area contributed by atoms with Crippen LogP contribution >= 0.6 is 27.5 Å². The molecule has 192 valence electrons. The molecular formula is C26H26BrClN6O3. The van der Waals surface area contributed by atoms with Gasteiger partial charge in [0, 0.05) is 49.8 Å². The summed E-state index contributed by atoms with van der Waals surface area (Å²) in [5, 5.41) is 0.642. The monoisotopic (exact) mass is 584 g/mol. The van der Waals surface area contributed by atoms with Crippen molar-refractivity contribution in [1.82, 2.24) is 23.6 Å². The normalized spacial score (nSPS) is 13.9. The highest BCUT2D eigenvalue weighted by Gasteiger charge is 2.27. The van der Waals surface area contributed by atoms with Gasteiger partial charge in [-0.15, -0.1) is 0 Å². The van der Waals surface area contributed by atoms with Crippen LogP contribution in [0, 0.1) is 0 Å². The summed E-state index contributed by atoms with van der Waals surface area (Å²) in [6.07, 6.45) is 0.317. The summed E-state index contributed by atoms with van der Waals surface area (Å²) in [7, 11) is 3.10. The molecular weight excluding hydrogens is 560 g/mol. The largest absolute Gasteiger partial charge is 0.339 e. The van der Waals surface area contributed by atoms with Crippen LogP contribution in [0.25, 0.3) is 11.2 Å². The highest BCUT2D eigenvalue weighted by atomic mass is 79.9. The number of fused-ring (bicyclic) bond motifs is 1. The van der Waals surface area contributed by atoms with Crippen LogP contribution in [0.1, 0.15) is 11.1 Å². The molecule has 0 aliphatic carbocycles. The average molecular weight is 586 g/mol. The van der Waals surface area contributed by atoms with Crippen molar-refractivity contribution in [3.8, 4) is 0 Å². The molecule has 11 heteroatoms. The number of hydrogen-bond acceptors (Lipinski definition) is 5. The number of imidazole rings is 1. The van der Waals surface area contributed by atoms with E-state index in [0.717, 1.165) is 20.2 Å². The zero-order valence-electron chi connectivity index (χ0n) is 20.5. The zero-order chi connectivity index (χ0) is 26.3. The molecule has 37 heavy (non-hydrogen) atoms. The first kappa shape index (κ1) is 25.3. The number of hydrogen-bond donors (Lipinski definition) is 0. The predicted octanol–water partition coefficient (Wildman–Crippen LogP) is 2.79. The van der Waals surface area contributed by atoms with Gasteiger partial charge in [0.2, 0.25) is 11.9 Å². The molecule has 0 unspecified atom stereocenters. The summed E-state index contributed by atoms with van der Waals surface area (Å²) >= 11 is 9.42. The number of carbonyl (C=O) groups is 1. The molecule has 9 nitrogen and oxygen atoms in total. The van der Waals surface area contributed by atoms with Gasteiger partial charge in [0.05, 0.1) is 13.0 Å². The van der Waals surface area contributed by atoms with Gasteiger partial charge in [-0.05, 0) is 35.4 Å². The van der Waals surface area contributed by atoms with Crippen LogP contribution in [0.15, 0.2) is 62.6 Å². The van der Waals surface area contributed by atoms with Gasteiger partial charge in [-0.25, -0.2) is 4.79 Å². The maximum absolute atomic E-state index is 13.2. The molecule has 2 aromatic heterocycles. The lowest BCUT2D eigenvalue weighted by molar-refractivity contribution is -0.130. The van der Waals surface area contributed by atoms with E-state index in [2.05, 4.69) is 20.8 Å². The van der Waals surface area contributed by atoms with Crippen molar-refractivity contribution in [2.45, 2.75) is 13.0 Å². The van der Waals surface area contributed by atoms with E-state index < -0.39 is 5.69 Å². The Kier molecular flexibility index (Phi) is 6.96. The van der Waals surface area contributed by atoms with E-state index in [0.29, 0.717) is 61.3 Å². The first-order chi connectivity index (χ1) is 17.7. The first-order valence-electron chi connectivity index (χ1n) is 11.9. The fraction of sp³-hybridized carbons (Fsp3) is 0.308. The number of carbonyl (C=O) groups excluding carboxylic acids is 1. The highest BCUT2D eigenvalue weighted by Crippen LogP contribution is 2.23. The van der Waals surface area contributed by atoms with Crippen LogP contribution in [0.2, 0.25) is 5.02 Å². The van der Waals surface area contributed by atoms with Crippen LogP contribution in [-0.2, 0) is 31.9 Å². The second-order valence-corrected chi connectivity index (χ2v) is 10.5. The summed E-state index contributed by atoms with van der Waals surface area (Å²) in [6, 6.07) is 15.2. The smallest absolute Gasteiger partial charge is 0.332 e. The van der Waals surface area contributed by atoms with Crippen molar-refractivity contribution >= 4 is 50.6 Å². The van der Waals surface area contributed by atoms with E-state index in [1.54, 1.807) is 19.2 Å². The minimum Gasteiger partial charge on any atom is -0.339 e. The van der Waals surface area contributed by atoms with Gasteiger partial charge in [0.25, 0.3) is 5.56 Å². The van der Waals surface area contributed by atoms with E-state index in [-0.39, 0.29) is 11.5 Å². The molecule has 0 bridgehead atoms. The summed E-state index contributed by atoms with van der Waals surface area (Å²) in [6.45, 7) is 2.60. The number of benzene rings is 2. The van der Waals surface area contributed by atoms with E-state index in [9.17, 15) is 14.4 Å². The molecule has 0 radical (unpaired) electrons. The third kappa shape index (κ3) is 4.95. The number of piperazine rings is 1. The Hall–Kier alpha value is -3.37. The molecule has 2 aromatic carbocycles. The van der Waals surface area contributed by atoms with Crippen LogP contribution < -0.4 is 16.1 Å². The molecule has 5 rings (SSSR count). The molecule has 0 N–H and O–H groups in total. The van der Waals surface area contributed by atoms with Crippen molar-refractivity contribution in [2.24, 2.45) is 14.1 Å². The Morgan fingerprint density at radius 3 is 2.19 bits per heavy atom. The van der Waals surface area contributed by atoms with Crippen molar-refractivity contribution in [2.75, 3.05) is 31.1 Å². The first-order valence-corrected chi connectivity index (χ1v) is 13.1. The Balaban J connectivity index is 1.44. The molecule has 1 aliphatic rings. The van der Waals surface area contributed by atoms with Crippen LogP contribution in [-0.4, -0.2) is 55.7 Å². The van der Waals surface area contributed by atoms with Crippen LogP contribution in [0.5, 0.6) is 0 Å². The average Bonchev–Trinajstić information content (AvgIpc) is 3.28. The van der Waals surface area contributed by atoms with Crippen molar-refractivity contribution in [3.63, 3.8) is 0 Å². The third-order valence-corrected chi connectivity index (χ3v) is 7.55. The molecule has 1 saturated heterocycles. The SMILES string of the molecule is Cn1c(=O)c2c(nc(N3CCN(C(=O)Cc4ccc(Cl)cc4)CC3)n2Cc2ccc(Br)cc2)n(C)c1=O. The third-order valence-electron chi connectivity index (χ3n) is 6.77. The van der Waals surface area contributed by atoms with Gasteiger partial charge in [-0.1, -0.05) is 51.8 Å². The lowest BCUT2D eigenvalue weighted by atomic mass is 10.1. The number of halogens is 2. The maximum atomic E-state index is 13.2. The van der Waals surface area contributed by atoms with E-state index in [1.165, 1.54) is 11.6 Å². The second-order valence-electron chi connectivity index (χ2n) is 9.17. The minimum absolute atomic E-state index is 0.0570. The van der Waals surface area contributed by atoms with Gasteiger partial charge >= 0.3 is 5.69 Å². The lowest BCUT2D eigenvalue weighted by Crippen LogP contribution is -2.50. The second kappa shape index (κ2) is 10.2. The molecule has 1 aliphatic heterocycles. The van der Waals surface area contributed by atoms with Crippen LogP contribution in [0.3, 0.4) is 0 Å². The quantitative estimate of drug-likeness (QED) is 0.360. The Morgan fingerprint density at radius 1 is 0.919 bits per heavy atom. The summed E-state index contributed by atoms with van der Waals surface area (Å²) in [4.78, 5) is 47.4.